The molecule has 4 N–H and O–H groups in total. The number of anilines is 2. The number of fused-ring (bicyclic) bond motifs is 3. The zero-order chi connectivity index (χ0) is 33.7. The van der Waals surface area contributed by atoms with Crippen molar-refractivity contribution in [2.75, 3.05) is 9.44 Å². The van der Waals surface area contributed by atoms with E-state index < -0.39 is 26.3 Å². The molecule has 0 spiro atoms. The molecule has 0 unspecified atom stereocenters. The number of halogens is 6. The zero-order valence-corrected chi connectivity index (χ0v) is 28.9. The Labute approximate surface area is 293 Å². The number of ether oxygens (including phenoxy) is 2. The van der Waals surface area contributed by atoms with Crippen molar-refractivity contribution in [3.63, 3.8) is 0 Å². The largest absolute Gasteiger partial charge is 0.586 e. The van der Waals surface area contributed by atoms with Crippen molar-refractivity contribution in [1.82, 2.24) is 19.9 Å². The molecule has 1 aliphatic rings. The highest BCUT2D eigenvalue weighted by Crippen LogP contribution is 2.46. The van der Waals surface area contributed by atoms with Crippen LogP contribution in [0.25, 0.3) is 21.9 Å². The Balaban J connectivity index is 0.000000166. The van der Waals surface area contributed by atoms with E-state index in [1.165, 1.54) is 42.7 Å². The Morgan fingerprint density at radius 3 is 2.32 bits per heavy atom. The maximum absolute atomic E-state index is 13.2. The van der Waals surface area contributed by atoms with E-state index in [0.717, 1.165) is 3.57 Å². The molecule has 1 aliphatic heterocycles. The average molecular weight is 856 g/mol. The van der Waals surface area contributed by atoms with Gasteiger partial charge in [-0.2, -0.15) is 0 Å². The highest BCUT2D eigenvalue weighted by molar-refractivity contribution is 14.1. The van der Waals surface area contributed by atoms with Gasteiger partial charge in [-0.15, -0.1) is 8.78 Å². The van der Waals surface area contributed by atoms with Crippen LogP contribution >= 0.6 is 57.4 Å². The smallest absolute Gasteiger partial charge is 0.395 e. The van der Waals surface area contributed by atoms with Crippen molar-refractivity contribution < 1.29 is 35.1 Å². The highest BCUT2D eigenvalue weighted by Gasteiger charge is 2.45. The molecule has 2 aromatic carbocycles. The molecule has 20 heteroatoms. The van der Waals surface area contributed by atoms with Gasteiger partial charge in [0.15, 0.2) is 11.5 Å². The number of hydrogen-bond acceptors (Lipinski definition) is 8. The topological polar surface area (TPSA) is 168 Å². The van der Waals surface area contributed by atoms with E-state index in [1.807, 2.05) is 22.6 Å². The summed E-state index contributed by atoms with van der Waals surface area (Å²) in [6.07, 6.45) is 0.409. The number of hydrogen-bond donors (Lipinski definition) is 4. The molecule has 244 valence electrons. The lowest BCUT2D eigenvalue weighted by atomic mass is 10.2. The molecular formula is C27H16Cl3F2IN6O6S2. The molecule has 6 aromatic rings. The number of nitrogens with one attached hydrogen (secondary N) is 4. The molecule has 0 atom stereocenters. The summed E-state index contributed by atoms with van der Waals surface area (Å²) < 4.78 is 90.9. The first-order valence-corrected chi connectivity index (χ1v) is 17.9. The second-order valence-electron chi connectivity index (χ2n) is 9.55. The summed E-state index contributed by atoms with van der Waals surface area (Å²) in [5, 5.41) is 1.79. The van der Waals surface area contributed by atoms with Crippen LogP contribution in [0.3, 0.4) is 0 Å². The Kier molecular flexibility index (Phi) is 8.81. The Morgan fingerprint density at radius 2 is 1.55 bits per heavy atom. The lowest BCUT2D eigenvalue weighted by Gasteiger charge is -2.10. The van der Waals surface area contributed by atoms with Crippen molar-refractivity contribution >= 4 is 111 Å². The van der Waals surface area contributed by atoms with Gasteiger partial charge in [-0.1, -0.05) is 40.9 Å². The predicted molar refractivity (Wildman–Crippen MR) is 181 cm³/mol. The number of nitrogens with zero attached hydrogens (tertiary/aromatic N) is 2. The summed E-state index contributed by atoms with van der Waals surface area (Å²) in [7, 11) is -7.92. The van der Waals surface area contributed by atoms with Gasteiger partial charge in [-0.3, -0.25) is 9.44 Å². The van der Waals surface area contributed by atoms with Crippen LogP contribution in [-0.2, 0) is 20.0 Å². The predicted octanol–water partition coefficient (Wildman–Crippen LogP) is 7.61. The van der Waals surface area contributed by atoms with E-state index in [2.05, 4.69) is 38.9 Å². The van der Waals surface area contributed by atoms with Gasteiger partial charge in [-0.25, -0.2) is 26.8 Å². The molecule has 0 saturated carbocycles. The van der Waals surface area contributed by atoms with Crippen LogP contribution in [0.1, 0.15) is 0 Å². The molecule has 0 amide bonds. The van der Waals surface area contributed by atoms with E-state index >= 15 is 0 Å². The number of benzene rings is 2. The van der Waals surface area contributed by atoms with Crippen LogP contribution in [0.2, 0.25) is 15.2 Å². The first-order valence-electron chi connectivity index (χ1n) is 12.8. The number of H-pyrrole nitrogens is 2. The highest BCUT2D eigenvalue weighted by atomic mass is 127. The Bertz CT molecular complexity index is 2390. The molecule has 7 rings (SSSR count). The van der Waals surface area contributed by atoms with Crippen LogP contribution in [0, 0.1) is 3.57 Å². The van der Waals surface area contributed by atoms with Gasteiger partial charge in [0.05, 0.1) is 5.69 Å². The summed E-state index contributed by atoms with van der Waals surface area (Å²) in [5.74, 6) is -0.579. The number of pyridine rings is 2. The molecule has 0 bridgehead atoms. The normalized spacial score (nSPS) is 13.7. The molecule has 0 aliphatic carbocycles. The SMILES string of the molecule is O=S(=O)(Nc1cc(Cl)cc(Cl)n1)c1c[nH]c2cc(Cl)ccc12.O=S(=O)(Nc1cccc2c1OC(F)(F)O2)c1c[nH]c2ncc(I)cc12. The van der Waals surface area contributed by atoms with Crippen molar-refractivity contribution in [2.24, 2.45) is 0 Å². The molecule has 12 nitrogen and oxygen atoms in total. The van der Waals surface area contributed by atoms with Gasteiger partial charge in [0.2, 0.25) is 0 Å². The number of aromatic amines is 2. The molecule has 5 heterocycles. The van der Waals surface area contributed by atoms with Gasteiger partial charge in [0.25, 0.3) is 20.0 Å². The Hall–Kier alpha value is -3.62. The van der Waals surface area contributed by atoms with E-state index in [0.29, 0.717) is 27.0 Å². The van der Waals surface area contributed by atoms with Crippen LogP contribution in [0.4, 0.5) is 20.3 Å². The molecule has 4 aromatic heterocycles. The van der Waals surface area contributed by atoms with Crippen LogP contribution < -0.4 is 18.9 Å². The third kappa shape index (κ3) is 7.14. The Morgan fingerprint density at radius 1 is 0.830 bits per heavy atom. The van der Waals surface area contributed by atoms with Crippen molar-refractivity contribution in [2.45, 2.75) is 16.1 Å². The monoisotopic (exact) mass is 854 g/mol. The second kappa shape index (κ2) is 12.4. The number of para-hydroxylation sites is 1. The van der Waals surface area contributed by atoms with E-state index in [9.17, 15) is 25.6 Å². The maximum atomic E-state index is 13.2. The lowest BCUT2D eigenvalue weighted by Crippen LogP contribution is -2.26. The van der Waals surface area contributed by atoms with E-state index in [1.54, 1.807) is 30.5 Å². The summed E-state index contributed by atoms with van der Waals surface area (Å²) in [6.45, 7) is 0. The molecule has 47 heavy (non-hydrogen) atoms. The van der Waals surface area contributed by atoms with Crippen molar-refractivity contribution in [3.05, 3.63) is 92.0 Å². The third-order valence-electron chi connectivity index (χ3n) is 6.32. The summed E-state index contributed by atoms with van der Waals surface area (Å²) in [6, 6.07) is 13.3. The quantitative estimate of drug-likeness (QED) is 0.0981. The first-order chi connectivity index (χ1) is 22.1. The van der Waals surface area contributed by atoms with Crippen LogP contribution in [0.5, 0.6) is 11.5 Å². The number of rotatable bonds is 6. The lowest BCUT2D eigenvalue weighted by molar-refractivity contribution is -0.286. The summed E-state index contributed by atoms with van der Waals surface area (Å²) in [5.41, 5.74) is 0.859. The van der Waals surface area contributed by atoms with Crippen molar-refractivity contribution in [1.29, 1.82) is 0 Å². The fourth-order valence-electron chi connectivity index (χ4n) is 4.43. The number of sulfonamides is 2. The van der Waals surface area contributed by atoms with Crippen molar-refractivity contribution in [3.8, 4) is 11.5 Å². The number of aromatic nitrogens is 4. The third-order valence-corrected chi connectivity index (χ3v) is 10.4. The second-order valence-corrected chi connectivity index (χ2v) is 15.4. The zero-order valence-electron chi connectivity index (χ0n) is 22.9. The van der Waals surface area contributed by atoms with Crippen LogP contribution in [-0.4, -0.2) is 43.1 Å². The minimum absolute atomic E-state index is 0.0424. The average Bonchev–Trinajstić information content (AvgIpc) is 3.67. The first kappa shape index (κ1) is 33.3. The molecule has 0 fully saturated rings. The minimum atomic E-state index is -4.08. The van der Waals surface area contributed by atoms with Gasteiger partial charge in [0, 0.05) is 54.6 Å². The maximum Gasteiger partial charge on any atom is 0.586 e. The standard InChI is InChI=1S/C14H8F2IN3O4S.C13H8Cl3N3O2S/c15-14(16)23-10-3-1-2-9(12(10)24-14)20-25(21,22)11-6-19-13-8(11)4-7(17)5-18-13;14-7-1-2-9-10(3-7)17-6-11(9)22(20,21)19-13-5-8(15)4-12(16)18-13/h1-6,20H,(H,18,19);1-6,17H,(H,18,19). The van der Waals surface area contributed by atoms with E-state index in [4.69, 9.17) is 34.8 Å². The minimum Gasteiger partial charge on any atom is -0.395 e. The molecular weight excluding hydrogens is 840 g/mol. The summed E-state index contributed by atoms with van der Waals surface area (Å²) >= 11 is 19.5. The summed E-state index contributed by atoms with van der Waals surface area (Å²) in [4.78, 5) is 13.6. The van der Waals surface area contributed by atoms with Crippen LogP contribution in [0.15, 0.2) is 83.0 Å². The van der Waals surface area contributed by atoms with Gasteiger partial charge in [0.1, 0.15) is 26.4 Å². The van der Waals surface area contributed by atoms with E-state index in [-0.39, 0.29) is 43.0 Å². The van der Waals surface area contributed by atoms with Gasteiger partial charge in [-0.05, 0) is 65.1 Å². The fraction of sp³-hybridized carbons (Fsp3) is 0.0370. The molecule has 0 saturated heterocycles. The van der Waals surface area contributed by atoms with Gasteiger partial charge >= 0.3 is 6.29 Å². The van der Waals surface area contributed by atoms with Gasteiger partial charge < -0.3 is 19.4 Å². The number of alkyl halides is 2. The fourth-order valence-corrected chi connectivity index (χ4v) is 7.91. The molecule has 0 radical (unpaired) electrons.